The minimum Gasteiger partial charge on any atom is -0.355 e. The molecule has 0 rings (SSSR count). The molecule has 0 radical (unpaired) electrons. The van der Waals surface area contributed by atoms with Crippen LogP contribution in [-0.4, -0.2) is 32.1 Å². The molecule has 0 saturated carbocycles. The van der Waals surface area contributed by atoms with Crippen LogP contribution in [-0.2, 0) is 4.79 Å². The molecule has 0 spiro atoms. The molecule has 0 saturated heterocycles. The van der Waals surface area contributed by atoms with E-state index in [4.69, 9.17) is 5.73 Å². The van der Waals surface area contributed by atoms with Gasteiger partial charge in [-0.25, -0.2) is 0 Å². The zero-order valence-corrected chi connectivity index (χ0v) is 11.0. The topological polar surface area (TPSA) is 67.2 Å². The van der Waals surface area contributed by atoms with E-state index in [1.54, 1.807) is 0 Å². The van der Waals surface area contributed by atoms with Crippen LogP contribution < -0.4 is 16.4 Å². The molecule has 0 aliphatic heterocycles. The molecule has 0 fully saturated rings. The predicted octanol–water partition coefficient (Wildman–Crippen LogP) is 1.18. The molecule has 17 heavy (non-hydrogen) atoms. The Labute approximate surface area is 105 Å². The van der Waals surface area contributed by atoms with Crippen LogP contribution in [0, 0.1) is 0 Å². The molecule has 0 aliphatic rings. The number of rotatable bonds is 11. The Hall–Kier alpha value is -0.870. The Morgan fingerprint density at radius 2 is 1.94 bits per heavy atom. The van der Waals surface area contributed by atoms with Crippen molar-refractivity contribution in [3.63, 3.8) is 0 Å². The summed E-state index contributed by atoms with van der Waals surface area (Å²) in [6, 6.07) is 0. The lowest BCUT2D eigenvalue weighted by Gasteiger charge is -2.05. The number of carbonyl (C=O) groups excluding carboxylic acids is 1. The Morgan fingerprint density at radius 3 is 2.65 bits per heavy atom. The number of carbonyl (C=O) groups is 1. The van der Waals surface area contributed by atoms with Gasteiger partial charge in [-0.1, -0.05) is 25.5 Å². The van der Waals surface area contributed by atoms with Gasteiger partial charge in [-0.05, 0) is 19.3 Å². The van der Waals surface area contributed by atoms with E-state index in [9.17, 15) is 4.79 Å². The third-order valence-corrected chi connectivity index (χ3v) is 2.34. The van der Waals surface area contributed by atoms with Gasteiger partial charge in [0.05, 0.1) is 0 Å². The monoisotopic (exact) mass is 241 g/mol. The zero-order chi connectivity index (χ0) is 12.8. The van der Waals surface area contributed by atoms with Crippen LogP contribution in [0.2, 0.25) is 0 Å². The molecule has 4 nitrogen and oxygen atoms in total. The number of allylic oxidation sites excluding steroid dienone is 2. The van der Waals surface area contributed by atoms with E-state index in [1.807, 2.05) is 0 Å². The number of amides is 1. The van der Waals surface area contributed by atoms with E-state index < -0.39 is 0 Å². The van der Waals surface area contributed by atoms with Crippen molar-refractivity contribution >= 4 is 5.91 Å². The summed E-state index contributed by atoms with van der Waals surface area (Å²) in [7, 11) is 0. The molecule has 0 aromatic heterocycles. The highest BCUT2D eigenvalue weighted by Gasteiger charge is 1.98. The molecule has 1 amide bonds. The highest BCUT2D eigenvalue weighted by molar-refractivity contribution is 5.75. The summed E-state index contributed by atoms with van der Waals surface area (Å²) >= 11 is 0. The number of nitrogens with two attached hydrogens (primary N) is 1. The predicted molar refractivity (Wildman–Crippen MR) is 72.8 cm³/mol. The highest BCUT2D eigenvalue weighted by atomic mass is 16.1. The molecule has 4 heteroatoms. The average Bonchev–Trinajstić information content (AvgIpc) is 2.33. The maximum atomic E-state index is 11.4. The minimum absolute atomic E-state index is 0.142. The van der Waals surface area contributed by atoms with Crippen molar-refractivity contribution in [1.29, 1.82) is 0 Å². The molecule has 0 atom stereocenters. The van der Waals surface area contributed by atoms with Gasteiger partial charge in [0, 0.05) is 32.6 Å². The van der Waals surface area contributed by atoms with Crippen LogP contribution >= 0.6 is 0 Å². The van der Waals surface area contributed by atoms with Crippen molar-refractivity contribution in [2.75, 3.05) is 26.2 Å². The van der Waals surface area contributed by atoms with Crippen molar-refractivity contribution in [3.05, 3.63) is 12.2 Å². The van der Waals surface area contributed by atoms with Gasteiger partial charge >= 0.3 is 0 Å². The molecule has 0 aliphatic carbocycles. The highest BCUT2D eigenvalue weighted by Crippen LogP contribution is 1.98. The summed E-state index contributed by atoms with van der Waals surface area (Å²) in [5, 5.41) is 6.01. The van der Waals surface area contributed by atoms with Crippen molar-refractivity contribution in [2.45, 2.75) is 39.0 Å². The van der Waals surface area contributed by atoms with Gasteiger partial charge in [0.25, 0.3) is 0 Å². The first-order valence-electron chi connectivity index (χ1n) is 6.63. The standard InChI is InChI=1S/C13H27N3O/c1-2-3-4-5-6-7-8-13(17)16-12-11-15-10-9-14/h4-5,15H,2-3,6-12,14H2,1H3,(H,16,17)/b5-4+. The Balaban J connectivity index is 3.23. The summed E-state index contributed by atoms with van der Waals surface area (Å²) in [5.74, 6) is 0.142. The van der Waals surface area contributed by atoms with Gasteiger partial charge in [-0.2, -0.15) is 0 Å². The largest absolute Gasteiger partial charge is 0.355 e. The second kappa shape index (κ2) is 13.2. The molecule has 0 aromatic carbocycles. The second-order valence-electron chi connectivity index (χ2n) is 4.04. The van der Waals surface area contributed by atoms with Crippen LogP contribution in [0.5, 0.6) is 0 Å². The third kappa shape index (κ3) is 13.1. The quantitative estimate of drug-likeness (QED) is 0.376. The second-order valence-corrected chi connectivity index (χ2v) is 4.04. The molecule has 4 N–H and O–H groups in total. The van der Waals surface area contributed by atoms with Crippen molar-refractivity contribution in [1.82, 2.24) is 10.6 Å². The molecule has 0 heterocycles. The van der Waals surface area contributed by atoms with E-state index >= 15 is 0 Å². The minimum atomic E-state index is 0.142. The normalized spacial score (nSPS) is 10.9. The molecule has 0 unspecified atom stereocenters. The van der Waals surface area contributed by atoms with Crippen molar-refractivity contribution < 1.29 is 4.79 Å². The van der Waals surface area contributed by atoms with Crippen LogP contribution in [0.4, 0.5) is 0 Å². The van der Waals surface area contributed by atoms with E-state index in [0.29, 0.717) is 19.5 Å². The van der Waals surface area contributed by atoms with Crippen LogP contribution in [0.1, 0.15) is 39.0 Å². The fourth-order valence-electron chi connectivity index (χ4n) is 1.39. The van der Waals surface area contributed by atoms with E-state index in [2.05, 4.69) is 29.7 Å². The lowest BCUT2D eigenvalue weighted by Crippen LogP contribution is -2.33. The maximum absolute atomic E-state index is 11.4. The zero-order valence-electron chi connectivity index (χ0n) is 11.0. The molecule has 0 bridgehead atoms. The average molecular weight is 241 g/mol. The third-order valence-electron chi connectivity index (χ3n) is 2.34. The lowest BCUT2D eigenvalue weighted by atomic mass is 10.2. The van der Waals surface area contributed by atoms with E-state index in [1.165, 1.54) is 6.42 Å². The van der Waals surface area contributed by atoms with Crippen LogP contribution in [0.15, 0.2) is 12.2 Å². The summed E-state index contributed by atoms with van der Waals surface area (Å²) < 4.78 is 0. The van der Waals surface area contributed by atoms with Gasteiger partial charge in [-0.3, -0.25) is 4.79 Å². The fraction of sp³-hybridized carbons (Fsp3) is 0.769. The first-order chi connectivity index (χ1) is 8.31. The van der Waals surface area contributed by atoms with E-state index in [0.717, 1.165) is 32.4 Å². The SMILES string of the molecule is CCC/C=C/CCCC(=O)NCCNCCN. The number of nitrogens with one attached hydrogen (secondary N) is 2. The van der Waals surface area contributed by atoms with Crippen LogP contribution in [0.3, 0.4) is 0 Å². The van der Waals surface area contributed by atoms with Crippen molar-refractivity contribution in [2.24, 2.45) is 5.73 Å². The molecular weight excluding hydrogens is 214 g/mol. The Bertz CT molecular complexity index is 205. The maximum Gasteiger partial charge on any atom is 0.220 e. The summed E-state index contributed by atoms with van der Waals surface area (Å²) in [6.07, 6.45) is 9.23. The molecule has 0 aromatic rings. The summed E-state index contributed by atoms with van der Waals surface area (Å²) in [6.45, 7) is 5.08. The molecular formula is C13H27N3O. The molecule has 100 valence electrons. The summed E-state index contributed by atoms with van der Waals surface area (Å²) in [5.41, 5.74) is 5.33. The Morgan fingerprint density at radius 1 is 1.18 bits per heavy atom. The first-order valence-corrected chi connectivity index (χ1v) is 6.63. The smallest absolute Gasteiger partial charge is 0.220 e. The first kappa shape index (κ1) is 16.1. The van der Waals surface area contributed by atoms with Gasteiger partial charge in [0.15, 0.2) is 0 Å². The van der Waals surface area contributed by atoms with Crippen LogP contribution in [0.25, 0.3) is 0 Å². The van der Waals surface area contributed by atoms with Gasteiger partial charge < -0.3 is 16.4 Å². The van der Waals surface area contributed by atoms with Gasteiger partial charge in [-0.15, -0.1) is 0 Å². The lowest BCUT2D eigenvalue weighted by molar-refractivity contribution is -0.121. The fourth-order valence-corrected chi connectivity index (χ4v) is 1.39. The summed E-state index contributed by atoms with van der Waals surface area (Å²) in [4.78, 5) is 11.4. The van der Waals surface area contributed by atoms with Crippen molar-refractivity contribution in [3.8, 4) is 0 Å². The van der Waals surface area contributed by atoms with Gasteiger partial charge in [0.2, 0.25) is 5.91 Å². The number of hydrogen-bond donors (Lipinski definition) is 3. The number of hydrogen-bond acceptors (Lipinski definition) is 3. The number of unbranched alkanes of at least 4 members (excludes halogenated alkanes) is 2. The van der Waals surface area contributed by atoms with E-state index in [-0.39, 0.29) is 5.91 Å². The van der Waals surface area contributed by atoms with Gasteiger partial charge in [0.1, 0.15) is 0 Å². The Kier molecular flexibility index (Phi) is 12.5.